The lowest BCUT2D eigenvalue weighted by Gasteiger charge is -2.40. The van der Waals surface area contributed by atoms with Gasteiger partial charge in [0.15, 0.2) is 0 Å². The van der Waals surface area contributed by atoms with Gasteiger partial charge in [-0.1, -0.05) is 170 Å². The molecule has 15 rings (SSSR count). The Kier molecular flexibility index (Phi) is 7.15. The number of nitrogens with zero attached hydrogens (tertiary/aromatic N) is 3. The third-order valence-electron chi connectivity index (χ3n) is 14.8. The molecule has 306 valence electrons. The predicted octanol–water partition coefficient (Wildman–Crippen LogP) is 16.3. The van der Waals surface area contributed by atoms with Crippen LogP contribution in [-0.4, -0.2) is 9.13 Å². The molecular formula is C63H39N3. The third kappa shape index (κ3) is 4.51. The van der Waals surface area contributed by atoms with Gasteiger partial charge in [-0.3, -0.25) is 0 Å². The molecule has 1 atom stereocenters. The Hall–Kier alpha value is -8.66. The number of para-hydroxylation sites is 6. The molecule has 13 aromatic rings. The number of rotatable bonds is 4. The molecule has 0 saturated heterocycles. The van der Waals surface area contributed by atoms with Crippen LogP contribution in [0.3, 0.4) is 0 Å². The Morgan fingerprint density at radius 1 is 0.318 bits per heavy atom. The fraction of sp³-hybridized carbons (Fsp3) is 0.0159. The summed E-state index contributed by atoms with van der Waals surface area (Å²) >= 11 is 0. The van der Waals surface area contributed by atoms with Crippen molar-refractivity contribution in [2.75, 3.05) is 4.90 Å². The minimum absolute atomic E-state index is 0.636. The van der Waals surface area contributed by atoms with Gasteiger partial charge in [0.05, 0.1) is 38.9 Å². The first-order valence-electron chi connectivity index (χ1n) is 22.9. The van der Waals surface area contributed by atoms with E-state index in [-0.39, 0.29) is 0 Å². The Morgan fingerprint density at radius 2 is 0.909 bits per heavy atom. The summed E-state index contributed by atoms with van der Waals surface area (Å²) in [6.07, 6.45) is 0. The second-order valence-corrected chi connectivity index (χ2v) is 18.0. The number of hydrogen-bond donors (Lipinski definition) is 0. The molecule has 3 nitrogen and oxygen atoms in total. The van der Waals surface area contributed by atoms with Crippen LogP contribution in [0, 0.1) is 0 Å². The summed E-state index contributed by atoms with van der Waals surface area (Å²) in [6, 6.07) is 88.3. The average Bonchev–Trinajstić information content (AvgIpc) is 4.01. The highest BCUT2D eigenvalue weighted by atomic mass is 15.1. The van der Waals surface area contributed by atoms with E-state index in [1.807, 2.05) is 0 Å². The topological polar surface area (TPSA) is 13.1 Å². The van der Waals surface area contributed by atoms with Gasteiger partial charge in [0.2, 0.25) is 0 Å². The van der Waals surface area contributed by atoms with Crippen molar-refractivity contribution in [1.29, 1.82) is 0 Å². The zero-order chi connectivity index (χ0) is 43.1. The van der Waals surface area contributed by atoms with Gasteiger partial charge in [-0.15, -0.1) is 0 Å². The number of fused-ring (bicyclic) bond motifs is 19. The van der Waals surface area contributed by atoms with Crippen molar-refractivity contribution in [2.24, 2.45) is 0 Å². The molecule has 0 fully saturated rings. The molecule has 0 bridgehead atoms. The van der Waals surface area contributed by atoms with Gasteiger partial charge in [-0.2, -0.15) is 0 Å². The largest absolute Gasteiger partial charge is 0.310 e. The molecule has 2 aliphatic rings. The van der Waals surface area contributed by atoms with Crippen LogP contribution in [0.5, 0.6) is 0 Å². The van der Waals surface area contributed by atoms with E-state index in [1.54, 1.807) is 0 Å². The molecular weight excluding hydrogens is 799 g/mol. The summed E-state index contributed by atoms with van der Waals surface area (Å²) in [6.45, 7) is 0. The van der Waals surface area contributed by atoms with Gasteiger partial charge in [0.25, 0.3) is 0 Å². The molecule has 0 radical (unpaired) electrons. The highest BCUT2D eigenvalue weighted by Crippen LogP contribution is 2.64. The standard InChI is InChI=1S/C63H39N3/c1-3-19-41(20-4-1)64(43-35-37-57-50(38-43)47-26-12-14-31-55(47)65(57)42-21-5-2-6-22-42)59-39-54-61(48-27-10-9-24-45(48)59)60-44-23-8-7-18-40(44)34-36-52(60)63(54)51-29-13-16-33-58(51)66-56-32-15-11-25-46(56)49-28-17-30-53(63)62(49)66/h1-39H. The smallest absolute Gasteiger partial charge is 0.0755 e. The van der Waals surface area contributed by atoms with Crippen molar-refractivity contribution >= 4 is 82.2 Å². The van der Waals surface area contributed by atoms with E-state index >= 15 is 0 Å². The summed E-state index contributed by atoms with van der Waals surface area (Å²) in [5.74, 6) is 0. The number of anilines is 3. The zero-order valence-corrected chi connectivity index (χ0v) is 35.9. The monoisotopic (exact) mass is 837 g/mol. The minimum Gasteiger partial charge on any atom is -0.310 e. The van der Waals surface area contributed by atoms with E-state index in [0.717, 1.165) is 22.7 Å². The predicted molar refractivity (Wildman–Crippen MR) is 276 cm³/mol. The first-order chi connectivity index (χ1) is 32.8. The van der Waals surface area contributed by atoms with Gasteiger partial charge in [-0.05, 0) is 116 Å². The maximum absolute atomic E-state index is 2.57. The summed E-state index contributed by atoms with van der Waals surface area (Å²) < 4.78 is 4.94. The fourth-order valence-electron chi connectivity index (χ4n) is 12.3. The molecule has 0 saturated carbocycles. The van der Waals surface area contributed by atoms with Crippen molar-refractivity contribution < 1.29 is 0 Å². The van der Waals surface area contributed by atoms with Crippen molar-refractivity contribution in [3.63, 3.8) is 0 Å². The van der Waals surface area contributed by atoms with E-state index in [2.05, 4.69) is 251 Å². The van der Waals surface area contributed by atoms with E-state index in [0.29, 0.717) is 0 Å². The van der Waals surface area contributed by atoms with Crippen molar-refractivity contribution in [3.05, 3.63) is 259 Å². The maximum atomic E-state index is 2.57. The fourth-order valence-corrected chi connectivity index (χ4v) is 12.3. The highest BCUT2D eigenvalue weighted by molar-refractivity contribution is 6.19. The molecule has 1 spiro atoms. The van der Waals surface area contributed by atoms with Crippen LogP contribution in [0.15, 0.2) is 237 Å². The van der Waals surface area contributed by atoms with Gasteiger partial charge in [0, 0.05) is 44.0 Å². The molecule has 1 aliphatic heterocycles. The van der Waals surface area contributed by atoms with Crippen molar-refractivity contribution in [2.45, 2.75) is 5.41 Å². The van der Waals surface area contributed by atoms with Crippen LogP contribution < -0.4 is 4.90 Å². The van der Waals surface area contributed by atoms with Gasteiger partial charge in [0.1, 0.15) is 0 Å². The molecule has 0 N–H and O–H groups in total. The van der Waals surface area contributed by atoms with Crippen LogP contribution in [0.1, 0.15) is 22.3 Å². The van der Waals surface area contributed by atoms with E-state index in [1.165, 1.54) is 104 Å². The average molecular weight is 838 g/mol. The first-order valence-corrected chi connectivity index (χ1v) is 22.9. The summed E-state index contributed by atoms with van der Waals surface area (Å²) in [7, 11) is 0. The van der Waals surface area contributed by atoms with Crippen LogP contribution in [0.2, 0.25) is 0 Å². The Balaban J connectivity index is 1.10. The van der Waals surface area contributed by atoms with Crippen molar-refractivity contribution in [1.82, 2.24) is 9.13 Å². The quantitative estimate of drug-likeness (QED) is 0.172. The van der Waals surface area contributed by atoms with Crippen LogP contribution >= 0.6 is 0 Å². The molecule has 66 heavy (non-hydrogen) atoms. The van der Waals surface area contributed by atoms with Crippen LogP contribution in [0.25, 0.3) is 87.7 Å². The lowest BCUT2D eigenvalue weighted by Crippen LogP contribution is -2.33. The first kappa shape index (κ1) is 35.8. The summed E-state index contributed by atoms with van der Waals surface area (Å²) in [5.41, 5.74) is 17.9. The SMILES string of the molecule is c1ccc(N(c2ccc3c(c2)c2ccccc2n3-c2ccccc2)c2cc3c(c4ccccc24)-c2c(ccc4ccccc24)C32c3ccccc3-n3c4ccccc4c4cccc2c43)cc1. The normalized spacial score (nSPS) is 14.7. The molecule has 0 amide bonds. The zero-order valence-electron chi connectivity index (χ0n) is 35.9. The lowest BCUT2D eigenvalue weighted by molar-refractivity contribution is 0.749. The van der Waals surface area contributed by atoms with Gasteiger partial charge < -0.3 is 14.0 Å². The molecule has 11 aromatic carbocycles. The Bertz CT molecular complexity index is 4180. The summed E-state index contributed by atoms with van der Waals surface area (Å²) in [5, 5.41) is 9.99. The minimum atomic E-state index is -0.636. The van der Waals surface area contributed by atoms with E-state index in [9.17, 15) is 0 Å². The van der Waals surface area contributed by atoms with Crippen molar-refractivity contribution in [3.8, 4) is 22.5 Å². The second kappa shape index (κ2) is 13.2. The van der Waals surface area contributed by atoms with Crippen LogP contribution in [-0.2, 0) is 5.41 Å². The number of benzene rings is 11. The van der Waals surface area contributed by atoms with Gasteiger partial charge in [-0.25, -0.2) is 0 Å². The lowest BCUT2D eigenvalue weighted by atomic mass is 9.65. The second-order valence-electron chi connectivity index (χ2n) is 18.0. The molecule has 3 heteroatoms. The number of hydrogen-bond acceptors (Lipinski definition) is 1. The van der Waals surface area contributed by atoms with E-state index < -0.39 is 5.41 Å². The molecule has 3 heterocycles. The van der Waals surface area contributed by atoms with E-state index in [4.69, 9.17) is 0 Å². The Labute approximate surface area is 381 Å². The summed E-state index contributed by atoms with van der Waals surface area (Å²) in [4.78, 5) is 2.51. The molecule has 2 aromatic heterocycles. The molecule has 1 unspecified atom stereocenters. The maximum Gasteiger partial charge on any atom is 0.0755 e. The number of aromatic nitrogens is 2. The highest BCUT2D eigenvalue weighted by Gasteiger charge is 2.52. The molecule has 1 aliphatic carbocycles. The van der Waals surface area contributed by atoms with Crippen LogP contribution in [0.4, 0.5) is 17.1 Å². The van der Waals surface area contributed by atoms with Gasteiger partial charge >= 0.3 is 0 Å². The Morgan fingerprint density at radius 3 is 1.73 bits per heavy atom. The third-order valence-corrected chi connectivity index (χ3v) is 14.8.